The van der Waals surface area contributed by atoms with Gasteiger partial charge in [-0.25, -0.2) is 4.79 Å². The third-order valence-corrected chi connectivity index (χ3v) is 4.79. The number of amides is 2. The molecule has 1 aromatic carbocycles. The van der Waals surface area contributed by atoms with E-state index in [4.69, 9.17) is 26.8 Å². The lowest BCUT2D eigenvalue weighted by atomic mass is 10.0. The van der Waals surface area contributed by atoms with E-state index in [1.807, 2.05) is 0 Å². The van der Waals surface area contributed by atoms with Gasteiger partial charge < -0.3 is 25.4 Å². The molecule has 24 heavy (non-hydrogen) atoms. The molecule has 2 aliphatic heterocycles. The van der Waals surface area contributed by atoms with Crippen molar-refractivity contribution in [2.24, 2.45) is 0 Å². The standard InChI is InChI=1S/C16H20ClN3O4/c1-23-16(22)20-5-2-9(3-6-20)19-15(21)11-8-12(17)13(18)10-4-7-24-14(10)11/h8-9H,2-7,18H2,1H3,(H,19,21). The molecule has 2 heterocycles. The summed E-state index contributed by atoms with van der Waals surface area (Å²) in [5.74, 6) is 0.299. The van der Waals surface area contributed by atoms with E-state index in [0.29, 0.717) is 61.0 Å². The predicted octanol–water partition coefficient (Wildman–Crippen LogP) is 1.82. The van der Waals surface area contributed by atoms with Gasteiger partial charge in [-0.2, -0.15) is 0 Å². The third kappa shape index (κ3) is 3.08. The number of fused-ring (bicyclic) bond motifs is 1. The first-order valence-corrected chi connectivity index (χ1v) is 8.26. The Balaban J connectivity index is 1.68. The van der Waals surface area contributed by atoms with Gasteiger partial charge in [-0.3, -0.25) is 4.79 Å². The second kappa shape index (κ2) is 6.76. The van der Waals surface area contributed by atoms with E-state index in [-0.39, 0.29) is 18.0 Å². The highest BCUT2D eigenvalue weighted by Gasteiger charge is 2.28. The molecule has 3 rings (SSSR count). The number of carbonyl (C=O) groups excluding carboxylic acids is 2. The van der Waals surface area contributed by atoms with E-state index < -0.39 is 0 Å². The van der Waals surface area contributed by atoms with Gasteiger partial charge in [0, 0.05) is 31.1 Å². The predicted molar refractivity (Wildman–Crippen MR) is 89.5 cm³/mol. The fraction of sp³-hybridized carbons (Fsp3) is 0.500. The highest BCUT2D eigenvalue weighted by molar-refractivity contribution is 6.33. The average Bonchev–Trinajstić information content (AvgIpc) is 3.08. The quantitative estimate of drug-likeness (QED) is 0.791. The maximum absolute atomic E-state index is 12.6. The molecule has 0 atom stereocenters. The zero-order valence-corrected chi connectivity index (χ0v) is 14.2. The molecule has 0 bridgehead atoms. The lowest BCUT2D eigenvalue weighted by Crippen LogP contribution is -2.46. The fourth-order valence-electron chi connectivity index (χ4n) is 3.13. The summed E-state index contributed by atoms with van der Waals surface area (Å²) in [6, 6.07) is 1.55. The maximum atomic E-state index is 12.6. The third-order valence-electron chi connectivity index (χ3n) is 4.48. The van der Waals surface area contributed by atoms with E-state index in [9.17, 15) is 9.59 Å². The van der Waals surface area contributed by atoms with Crippen LogP contribution < -0.4 is 15.8 Å². The minimum atomic E-state index is -0.337. The number of nitrogens with two attached hydrogens (primary N) is 1. The van der Waals surface area contributed by atoms with Gasteiger partial charge >= 0.3 is 6.09 Å². The molecule has 2 amide bonds. The van der Waals surface area contributed by atoms with Crippen LogP contribution in [0.15, 0.2) is 6.07 Å². The van der Waals surface area contributed by atoms with Gasteiger partial charge in [0.15, 0.2) is 0 Å². The summed E-state index contributed by atoms with van der Waals surface area (Å²) in [7, 11) is 1.36. The van der Waals surface area contributed by atoms with Crippen LogP contribution in [-0.2, 0) is 11.2 Å². The Kier molecular flexibility index (Phi) is 4.71. The largest absolute Gasteiger partial charge is 0.492 e. The summed E-state index contributed by atoms with van der Waals surface area (Å²) < 4.78 is 10.3. The highest BCUT2D eigenvalue weighted by Crippen LogP contribution is 2.38. The normalized spacial score (nSPS) is 17.2. The second-order valence-electron chi connectivity index (χ2n) is 5.93. The number of anilines is 1. The van der Waals surface area contributed by atoms with E-state index in [1.165, 1.54) is 7.11 Å². The Morgan fingerprint density at radius 1 is 1.42 bits per heavy atom. The van der Waals surface area contributed by atoms with Gasteiger partial charge in [0.05, 0.1) is 30.0 Å². The molecule has 0 aromatic heterocycles. The first-order chi connectivity index (χ1) is 11.5. The van der Waals surface area contributed by atoms with Crippen LogP contribution in [0, 0.1) is 0 Å². The summed E-state index contributed by atoms with van der Waals surface area (Å²) in [6.07, 6.45) is 1.66. The number of methoxy groups -OCH3 is 1. The Hall–Kier alpha value is -2.15. The fourth-order valence-corrected chi connectivity index (χ4v) is 3.36. The number of hydrogen-bond acceptors (Lipinski definition) is 5. The van der Waals surface area contributed by atoms with Gasteiger partial charge in [0.25, 0.3) is 5.91 Å². The zero-order chi connectivity index (χ0) is 17.3. The smallest absolute Gasteiger partial charge is 0.409 e. The van der Waals surface area contributed by atoms with Crippen molar-refractivity contribution < 1.29 is 19.1 Å². The lowest BCUT2D eigenvalue weighted by molar-refractivity contribution is 0.0889. The Bertz CT molecular complexity index is 672. The van der Waals surface area contributed by atoms with Crippen LogP contribution in [0.4, 0.5) is 10.5 Å². The molecule has 1 fully saturated rings. The molecule has 1 aromatic rings. The first-order valence-electron chi connectivity index (χ1n) is 7.88. The van der Waals surface area contributed by atoms with Crippen molar-refractivity contribution in [3.8, 4) is 5.75 Å². The number of rotatable bonds is 2. The van der Waals surface area contributed by atoms with Crippen molar-refractivity contribution in [3.05, 3.63) is 22.2 Å². The lowest BCUT2D eigenvalue weighted by Gasteiger charge is -2.31. The minimum Gasteiger partial charge on any atom is -0.492 e. The zero-order valence-electron chi connectivity index (χ0n) is 13.4. The Morgan fingerprint density at radius 2 is 2.12 bits per heavy atom. The summed E-state index contributed by atoms with van der Waals surface area (Å²) in [4.78, 5) is 25.7. The summed E-state index contributed by atoms with van der Waals surface area (Å²) >= 11 is 6.14. The summed E-state index contributed by atoms with van der Waals surface area (Å²) in [5, 5.41) is 3.36. The molecule has 0 radical (unpaired) electrons. The molecule has 8 heteroatoms. The Labute approximate surface area is 145 Å². The van der Waals surface area contributed by atoms with Crippen LogP contribution in [0.3, 0.4) is 0 Å². The monoisotopic (exact) mass is 353 g/mol. The van der Waals surface area contributed by atoms with Gasteiger partial charge in [-0.15, -0.1) is 0 Å². The van der Waals surface area contributed by atoms with Crippen molar-refractivity contribution >= 4 is 29.3 Å². The van der Waals surface area contributed by atoms with E-state index in [1.54, 1.807) is 11.0 Å². The van der Waals surface area contributed by atoms with Crippen LogP contribution in [0.1, 0.15) is 28.8 Å². The molecular formula is C16H20ClN3O4. The number of nitrogens with one attached hydrogen (secondary N) is 1. The van der Waals surface area contributed by atoms with Crippen molar-refractivity contribution in [1.82, 2.24) is 10.2 Å². The number of nitrogens with zero attached hydrogens (tertiary/aromatic N) is 1. The number of ether oxygens (including phenoxy) is 2. The molecule has 7 nitrogen and oxygen atoms in total. The molecule has 1 saturated heterocycles. The van der Waals surface area contributed by atoms with Crippen molar-refractivity contribution in [2.45, 2.75) is 25.3 Å². The number of hydrogen-bond donors (Lipinski definition) is 2. The van der Waals surface area contributed by atoms with Crippen LogP contribution in [-0.4, -0.2) is 49.7 Å². The van der Waals surface area contributed by atoms with Crippen LogP contribution in [0.2, 0.25) is 5.02 Å². The molecule has 0 spiro atoms. The SMILES string of the molecule is COC(=O)N1CCC(NC(=O)c2cc(Cl)c(N)c3c2OCC3)CC1. The topological polar surface area (TPSA) is 93.9 Å². The van der Waals surface area contributed by atoms with Crippen molar-refractivity contribution in [2.75, 3.05) is 32.5 Å². The molecule has 3 N–H and O–H groups in total. The molecule has 0 aliphatic carbocycles. The van der Waals surface area contributed by atoms with Gasteiger partial charge in [0.2, 0.25) is 0 Å². The van der Waals surface area contributed by atoms with Gasteiger partial charge in [-0.1, -0.05) is 11.6 Å². The molecule has 0 saturated carbocycles. The number of carbonyl (C=O) groups is 2. The maximum Gasteiger partial charge on any atom is 0.409 e. The molecule has 2 aliphatic rings. The molecule has 130 valence electrons. The van der Waals surface area contributed by atoms with E-state index >= 15 is 0 Å². The van der Waals surface area contributed by atoms with E-state index in [0.717, 1.165) is 5.56 Å². The number of piperidine rings is 1. The minimum absolute atomic E-state index is 0.00760. The Morgan fingerprint density at radius 3 is 2.79 bits per heavy atom. The average molecular weight is 354 g/mol. The molecule has 0 unspecified atom stereocenters. The van der Waals surface area contributed by atoms with Gasteiger partial charge in [-0.05, 0) is 18.9 Å². The van der Waals surface area contributed by atoms with E-state index in [2.05, 4.69) is 5.32 Å². The van der Waals surface area contributed by atoms with Crippen LogP contribution >= 0.6 is 11.6 Å². The van der Waals surface area contributed by atoms with Crippen LogP contribution in [0.5, 0.6) is 5.75 Å². The van der Waals surface area contributed by atoms with Crippen LogP contribution in [0.25, 0.3) is 0 Å². The van der Waals surface area contributed by atoms with Crippen molar-refractivity contribution in [3.63, 3.8) is 0 Å². The highest BCUT2D eigenvalue weighted by atomic mass is 35.5. The molecular weight excluding hydrogens is 334 g/mol. The number of benzene rings is 1. The summed E-state index contributed by atoms with van der Waals surface area (Å²) in [6.45, 7) is 1.60. The summed E-state index contributed by atoms with van der Waals surface area (Å²) in [5.41, 5.74) is 7.64. The second-order valence-corrected chi connectivity index (χ2v) is 6.34. The first kappa shape index (κ1) is 16.7. The number of halogens is 1. The number of likely N-dealkylation sites (tertiary alicyclic amines) is 1. The number of nitrogen functional groups attached to an aromatic ring is 1. The van der Waals surface area contributed by atoms with Crippen molar-refractivity contribution in [1.29, 1.82) is 0 Å². The van der Waals surface area contributed by atoms with Gasteiger partial charge in [0.1, 0.15) is 5.75 Å².